The molecule has 0 bridgehead atoms. The van der Waals surface area contributed by atoms with Gasteiger partial charge < -0.3 is 9.42 Å². The van der Waals surface area contributed by atoms with Gasteiger partial charge in [-0.05, 0) is 48.4 Å². The van der Waals surface area contributed by atoms with E-state index in [1.807, 2.05) is 41.3 Å². The lowest BCUT2D eigenvalue weighted by Crippen LogP contribution is -2.48. The second kappa shape index (κ2) is 9.60. The van der Waals surface area contributed by atoms with Crippen molar-refractivity contribution in [2.45, 2.75) is 19.4 Å². The van der Waals surface area contributed by atoms with Crippen LogP contribution < -0.4 is 0 Å². The van der Waals surface area contributed by atoms with Gasteiger partial charge in [-0.15, -0.1) is 0 Å². The predicted molar refractivity (Wildman–Crippen MR) is 116 cm³/mol. The minimum Gasteiger partial charge on any atom is -0.340 e. The summed E-state index contributed by atoms with van der Waals surface area (Å²) < 4.78 is 5.40. The van der Waals surface area contributed by atoms with Gasteiger partial charge in [0, 0.05) is 48.2 Å². The Bertz CT molecular complexity index is 998. The zero-order valence-electron chi connectivity index (χ0n) is 16.4. The van der Waals surface area contributed by atoms with E-state index < -0.39 is 0 Å². The van der Waals surface area contributed by atoms with Crippen molar-refractivity contribution in [1.29, 1.82) is 0 Å². The van der Waals surface area contributed by atoms with E-state index in [0.29, 0.717) is 54.2 Å². The summed E-state index contributed by atoms with van der Waals surface area (Å²) in [7, 11) is 0. The molecule has 8 heteroatoms. The molecule has 1 aliphatic rings. The number of piperazine rings is 1. The Balaban J connectivity index is 1.24. The lowest BCUT2D eigenvalue weighted by atomic mass is 10.1. The number of aromatic nitrogens is 2. The zero-order valence-corrected chi connectivity index (χ0v) is 17.9. The number of hydrogen-bond donors (Lipinski definition) is 0. The highest BCUT2D eigenvalue weighted by atomic mass is 35.5. The van der Waals surface area contributed by atoms with E-state index >= 15 is 0 Å². The molecule has 2 heterocycles. The van der Waals surface area contributed by atoms with Crippen molar-refractivity contribution in [2.24, 2.45) is 0 Å². The molecule has 1 aromatic heterocycles. The molecule has 0 unspecified atom stereocenters. The van der Waals surface area contributed by atoms with Crippen LogP contribution in [0.1, 0.15) is 17.9 Å². The molecule has 0 N–H and O–H groups in total. The molecule has 30 heavy (non-hydrogen) atoms. The van der Waals surface area contributed by atoms with Gasteiger partial charge in [0.15, 0.2) is 0 Å². The number of halogens is 2. The van der Waals surface area contributed by atoms with Gasteiger partial charge in [-0.3, -0.25) is 9.69 Å². The summed E-state index contributed by atoms with van der Waals surface area (Å²) in [5.41, 5.74) is 1.95. The Hall–Kier alpha value is -2.41. The predicted octanol–water partition coefficient (Wildman–Crippen LogP) is 4.32. The quantitative estimate of drug-likeness (QED) is 0.566. The van der Waals surface area contributed by atoms with Crippen LogP contribution in [-0.2, 0) is 17.8 Å². The standard InChI is InChI=1S/C22H22Cl2N4O2/c23-18-7-5-17(6-8-18)22-25-20(30-26-22)15-27-10-12-28(13-11-27)21(29)9-4-16-2-1-3-19(24)14-16/h1-3,5-8,14H,4,9-13,15H2. The maximum Gasteiger partial charge on any atom is 0.241 e. The van der Waals surface area contributed by atoms with Gasteiger partial charge in [-0.25, -0.2) is 0 Å². The van der Waals surface area contributed by atoms with E-state index in [-0.39, 0.29) is 5.91 Å². The van der Waals surface area contributed by atoms with Crippen LogP contribution in [-0.4, -0.2) is 52.0 Å². The number of carbonyl (C=O) groups is 1. The average molecular weight is 445 g/mol. The highest BCUT2D eigenvalue weighted by Gasteiger charge is 2.22. The highest BCUT2D eigenvalue weighted by Crippen LogP contribution is 2.19. The van der Waals surface area contributed by atoms with Crippen LogP contribution in [0.15, 0.2) is 53.1 Å². The fourth-order valence-electron chi connectivity index (χ4n) is 3.48. The maximum absolute atomic E-state index is 12.5. The van der Waals surface area contributed by atoms with Gasteiger partial charge in [0.1, 0.15) is 0 Å². The molecule has 1 fully saturated rings. The minimum absolute atomic E-state index is 0.178. The number of nitrogens with zero attached hydrogens (tertiary/aromatic N) is 4. The van der Waals surface area contributed by atoms with E-state index in [1.54, 1.807) is 12.1 Å². The van der Waals surface area contributed by atoms with Gasteiger partial charge in [0.05, 0.1) is 6.54 Å². The molecule has 0 radical (unpaired) electrons. The van der Waals surface area contributed by atoms with Gasteiger partial charge in [0.25, 0.3) is 0 Å². The first-order valence-electron chi connectivity index (χ1n) is 9.90. The van der Waals surface area contributed by atoms with Gasteiger partial charge in [0.2, 0.25) is 17.6 Å². The third-order valence-corrected chi connectivity index (χ3v) is 5.66. The van der Waals surface area contributed by atoms with Crippen molar-refractivity contribution in [2.75, 3.05) is 26.2 Å². The Morgan fingerprint density at radius 3 is 2.50 bits per heavy atom. The summed E-state index contributed by atoms with van der Waals surface area (Å²) in [6, 6.07) is 15.0. The summed E-state index contributed by atoms with van der Waals surface area (Å²) in [6.45, 7) is 3.54. The van der Waals surface area contributed by atoms with Crippen LogP contribution >= 0.6 is 23.2 Å². The number of aryl methyl sites for hydroxylation is 1. The molecule has 1 amide bonds. The van der Waals surface area contributed by atoms with Crippen LogP contribution in [0.2, 0.25) is 10.0 Å². The zero-order chi connectivity index (χ0) is 20.9. The molecular formula is C22H22Cl2N4O2. The Kier molecular flexibility index (Phi) is 6.67. The lowest BCUT2D eigenvalue weighted by molar-refractivity contribution is -0.133. The molecule has 4 rings (SSSR count). The SMILES string of the molecule is O=C(CCc1cccc(Cl)c1)N1CCN(Cc2nc(-c3ccc(Cl)cc3)no2)CC1. The molecule has 6 nitrogen and oxygen atoms in total. The highest BCUT2D eigenvalue weighted by molar-refractivity contribution is 6.30. The number of benzene rings is 2. The molecule has 0 aliphatic carbocycles. The van der Waals surface area contributed by atoms with E-state index in [0.717, 1.165) is 24.2 Å². The second-order valence-electron chi connectivity index (χ2n) is 7.31. The Morgan fingerprint density at radius 2 is 1.77 bits per heavy atom. The van der Waals surface area contributed by atoms with E-state index in [2.05, 4.69) is 15.0 Å². The van der Waals surface area contributed by atoms with Crippen molar-refractivity contribution >= 4 is 29.1 Å². The van der Waals surface area contributed by atoms with Gasteiger partial charge in [-0.2, -0.15) is 4.98 Å². The van der Waals surface area contributed by atoms with Crippen LogP contribution in [0.5, 0.6) is 0 Å². The molecule has 1 saturated heterocycles. The first-order chi connectivity index (χ1) is 14.6. The van der Waals surface area contributed by atoms with E-state index in [4.69, 9.17) is 27.7 Å². The Morgan fingerprint density at radius 1 is 1.00 bits per heavy atom. The molecule has 0 atom stereocenters. The monoisotopic (exact) mass is 444 g/mol. The average Bonchev–Trinajstić information content (AvgIpc) is 3.21. The third-order valence-electron chi connectivity index (χ3n) is 5.17. The van der Waals surface area contributed by atoms with Crippen LogP contribution in [0.25, 0.3) is 11.4 Å². The van der Waals surface area contributed by atoms with Crippen LogP contribution in [0.4, 0.5) is 0 Å². The normalized spacial score (nSPS) is 14.8. The first-order valence-corrected chi connectivity index (χ1v) is 10.7. The number of carbonyl (C=O) groups excluding carboxylic acids is 1. The lowest BCUT2D eigenvalue weighted by Gasteiger charge is -2.34. The molecule has 2 aromatic carbocycles. The maximum atomic E-state index is 12.5. The third kappa shape index (κ3) is 5.39. The molecule has 0 saturated carbocycles. The van der Waals surface area contributed by atoms with Crippen LogP contribution in [0, 0.1) is 0 Å². The van der Waals surface area contributed by atoms with Crippen molar-refractivity contribution in [3.63, 3.8) is 0 Å². The first kappa shape index (κ1) is 20.8. The van der Waals surface area contributed by atoms with Crippen molar-refractivity contribution < 1.29 is 9.32 Å². The van der Waals surface area contributed by atoms with Crippen molar-refractivity contribution in [3.8, 4) is 11.4 Å². The van der Waals surface area contributed by atoms with Crippen molar-refractivity contribution in [3.05, 3.63) is 70.0 Å². The van der Waals surface area contributed by atoms with E-state index in [9.17, 15) is 4.79 Å². The minimum atomic E-state index is 0.178. The molecule has 3 aromatic rings. The number of amides is 1. The number of rotatable bonds is 6. The van der Waals surface area contributed by atoms with Crippen LogP contribution in [0.3, 0.4) is 0 Å². The number of hydrogen-bond acceptors (Lipinski definition) is 5. The largest absolute Gasteiger partial charge is 0.340 e. The smallest absolute Gasteiger partial charge is 0.241 e. The summed E-state index contributed by atoms with van der Waals surface area (Å²) in [5, 5.41) is 5.43. The summed E-state index contributed by atoms with van der Waals surface area (Å²) in [5.74, 6) is 1.30. The summed E-state index contributed by atoms with van der Waals surface area (Å²) >= 11 is 11.9. The van der Waals surface area contributed by atoms with Gasteiger partial charge >= 0.3 is 0 Å². The fraction of sp³-hybridized carbons (Fsp3) is 0.318. The molecule has 156 valence electrons. The Labute approximate surface area is 185 Å². The topological polar surface area (TPSA) is 62.5 Å². The fourth-order valence-corrected chi connectivity index (χ4v) is 3.82. The summed E-state index contributed by atoms with van der Waals surface area (Å²) in [6.07, 6.45) is 1.20. The molecule has 0 spiro atoms. The van der Waals surface area contributed by atoms with E-state index in [1.165, 1.54) is 0 Å². The molecule has 1 aliphatic heterocycles. The van der Waals surface area contributed by atoms with Crippen molar-refractivity contribution in [1.82, 2.24) is 19.9 Å². The van der Waals surface area contributed by atoms with Gasteiger partial charge in [-0.1, -0.05) is 40.5 Å². The second-order valence-corrected chi connectivity index (χ2v) is 8.18. The molecular weight excluding hydrogens is 423 g/mol. The summed E-state index contributed by atoms with van der Waals surface area (Å²) in [4.78, 5) is 21.2.